The van der Waals surface area contributed by atoms with Gasteiger partial charge in [-0.2, -0.15) is 0 Å². The molecule has 0 aliphatic carbocycles. The molecule has 2 saturated heterocycles. The van der Waals surface area contributed by atoms with Crippen molar-refractivity contribution in [3.05, 3.63) is 18.0 Å². The molecule has 0 amide bonds. The molecular weight excluding hydrogens is 360 g/mol. The van der Waals surface area contributed by atoms with Crippen molar-refractivity contribution in [2.24, 2.45) is 0 Å². The number of aromatic nitrogens is 2. The summed E-state index contributed by atoms with van der Waals surface area (Å²) in [5.41, 5.74) is 0.391. The average Bonchev–Trinajstić information content (AvgIpc) is 2.75. The zero-order chi connectivity index (χ0) is 19.6. The van der Waals surface area contributed by atoms with Gasteiger partial charge in [0.2, 0.25) is 5.95 Å². The van der Waals surface area contributed by atoms with E-state index in [1.54, 1.807) is 19.3 Å². The third-order valence-electron chi connectivity index (χ3n) is 5.12. The van der Waals surface area contributed by atoms with E-state index in [4.69, 9.17) is 9.47 Å². The number of esters is 1. The van der Waals surface area contributed by atoms with E-state index in [1.165, 1.54) is 0 Å². The SMILES string of the molecule is CCOC(=O)c1cnc(N2CCN(CCOCCN3CCNCC3)CC2)nc1. The summed E-state index contributed by atoms with van der Waals surface area (Å²) >= 11 is 0. The third-order valence-corrected chi connectivity index (χ3v) is 5.12. The highest BCUT2D eigenvalue weighted by molar-refractivity contribution is 5.88. The minimum Gasteiger partial charge on any atom is -0.462 e. The Bertz CT molecular complexity index is 586. The van der Waals surface area contributed by atoms with Crippen LogP contribution >= 0.6 is 0 Å². The first kappa shape index (κ1) is 20.9. The smallest absolute Gasteiger partial charge is 0.341 e. The number of anilines is 1. The molecule has 0 spiro atoms. The number of carbonyl (C=O) groups is 1. The Labute approximate surface area is 167 Å². The van der Waals surface area contributed by atoms with Crippen molar-refractivity contribution in [2.75, 3.05) is 90.2 Å². The standard InChI is InChI=1S/C19H32N6O3/c1-2-28-18(26)17-15-21-19(22-16-17)25-9-7-24(8-10-25)12-14-27-13-11-23-5-3-20-4-6-23/h15-16,20H,2-14H2,1H3. The van der Waals surface area contributed by atoms with E-state index in [1.807, 2.05) is 0 Å². The minimum atomic E-state index is -0.379. The second-order valence-electron chi connectivity index (χ2n) is 7.02. The van der Waals surface area contributed by atoms with Gasteiger partial charge in [-0.3, -0.25) is 9.80 Å². The molecule has 1 aromatic rings. The molecule has 9 nitrogen and oxygen atoms in total. The molecule has 0 atom stereocenters. The van der Waals surface area contributed by atoms with Crippen LogP contribution in [0.5, 0.6) is 0 Å². The molecule has 0 bridgehead atoms. The van der Waals surface area contributed by atoms with E-state index in [9.17, 15) is 4.79 Å². The average molecular weight is 393 g/mol. The molecule has 0 saturated carbocycles. The van der Waals surface area contributed by atoms with E-state index in [-0.39, 0.29) is 5.97 Å². The Morgan fingerprint density at radius 2 is 1.61 bits per heavy atom. The van der Waals surface area contributed by atoms with Crippen LogP contribution in [0.25, 0.3) is 0 Å². The molecule has 1 aromatic heterocycles. The fourth-order valence-electron chi connectivity index (χ4n) is 3.40. The summed E-state index contributed by atoms with van der Waals surface area (Å²) in [5.74, 6) is 0.288. The van der Waals surface area contributed by atoms with Crippen LogP contribution in [0.15, 0.2) is 12.4 Å². The van der Waals surface area contributed by atoms with Crippen molar-refractivity contribution in [2.45, 2.75) is 6.92 Å². The van der Waals surface area contributed by atoms with E-state index >= 15 is 0 Å². The second-order valence-corrected chi connectivity index (χ2v) is 7.02. The van der Waals surface area contributed by atoms with Gasteiger partial charge >= 0.3 is 5.97 Å². The van der Waals surface area contributed by atoms with Crippen LogP contribution in [-0.4, -0.2) is 111 Å². The van der Waals surface area contributed by atoms with Crippen molar-refractivity contribution in [3.8, 4) is 0 Å². The second kappa shape index (κ2) is 11.3. The lowest BCUT2D eigenvalue weighted by atomic mass is 10.3. The van der Waals surface area contributed by atoms with Crippen LogP contribution in [0, 0.1) is 0 Å². The van der Waals surface area contributed by atoms with E-state index in [0.29, 0.717) is 18.1 Å². The predicted molar refractivity (Wildman–Crippen MR) is 107 cm³/mol. The van der Waals surface area contributed by atoms with Gasteiger partial charge in [0.25, 0.3) is 0 Å². The predicted octanol–water partition coefficient (Wildman–Crippen LogP) is -0.303. The van der Waals surface area contributed by atoms with Crippen molar-refractivity contribution < 1.29 is 14.3 Å². The zero-order valence-electron chi connectivity index (χ0n) is 16.8. The van der Waals surface area contributed by atoms with Gasteiger partial charge in [0, 0.05) is 77.8 Å². The third kappa shape index (κ3) is 6.37. The zero-order valence-corrected chi connectivity index (χ0v) is 16.8. The summed E-state index contributed by atoms with van der Waals surface area (Å²) in [6.45, 7) is 13.8. The Morgan fingerprint density at radius 1 is 1.00 bits per heavy atom. The highest BCUT2D eigenvalue weighted by Gasteiger charge is 2.19. The number of piperazine rings is 2. The van der Waals surface area contributed by atoms with Crippen molar-refractivity contribution in [1.82, 2.24) is 25.1 Å². The highest BCUT2D eigenvalue weighted by Crippen LogP contribution is 2.11. The summed E-state index contributed by atoms with van der Waals surface area (Å²) in [6, 6.07) is 0. The summed E-state index contributed by atoms with van der Waals surface area (Å²) < 4.78 is 10.8. The van der Waals surface area contributed by atoms with Gasteiger partial charge in [0.05, 0.1) is 25.4 Å². The monoisotopic (exact) mass is 392 g/mol. The number of ether oxygens (including phenoxy) is 2. The molecule has 0 aromatic carbocycles. The van der Waals surface area contributed by atoms with Gasteiger partial charge in [-0.1, -0.05) is 0 Å². The summed E-state index contributed by atoms with van der Waals surface area (Å²) in [6.07, 6.45) is 3.08. The number of carbonyl (C=O) groups excluding carboxylic acids is 1. The molecule has 28 heavy (non-hydrogen) atoms. The number of nitrogens with one attached hydrogen (secondary N) is 1. The molecular formula is C19H32N6O3. The lowest BCUT2D eigenvalue weighted by Gasteiger charge is -2.34. The molecule has 2 aliphatic rings. The molecule has 1 N–H and O–H groups in total. The number of rotatable bonds is 9. The molecule has 156 valence electrons. The van der Waals surface area contributed by atoms with Crippen molar-refractivity contribution >= 4 is 11.9 Å². The van der Waals surface area contributed by atoms with Crippen LogP contribution in [0.4, 0.5) is 5.95 Å². The van der Waals surface area contributed by atoms with E-state index in [2.05, 4.69) is 30.0 Å². The Balaban J connectivity index is 1.30. The fraction of sp³-hybridized carbons (Fsp3) is 0.737. The van der Waals surface area contributed by atoms with Crippen LogP contribution < -0.4 is 10.2 Å². The van der Waals surface area contributed by atoms with Crippen LogP contribution in [0.1, 0.15) is 17.3 Å². The molecule has 0 radical (unpaired) electrons. The van der Waals surface area contributed by atoms with Gasteiger partial charge in [0.1, 0.15) is 0 Å². The Morgan fingerprint density at radius 3 is 2.21 bits per heavy atom. The van der Waals surface area contributed by atoms with Crippen LogP contribution in [0.2, 0.25) is 0 Å². The molecule has 2 fully saturated rings. The maximum Gasteiger partial charge on any atom is 0.341 e. The van der Waals surface area contributed by atoms with Gasteiger partial charge in [0.15, 0.2) is 0 Å². The largest absolute Gasteiger partial charge is 0.462 e. The Kier molecular flexibility index (Phi) is 8.41. The quantitative estimate of drug-likeness (QED) is 0.450. The maximum atomic E-state index is 11.7. The first-order valence-corrected chi connectivity index (χ1v) is 10.2. The lowest BCUT2D eigenvalue weighted by Crippen LogP contribution is -2.48. The summed E-state index contributed by atoms with van der Waals surface area (Å²) in [5, 5.41) is 3.36. The first-order chi connectivity index (χ1) is 13.8. The summed E-state index contributed by atoms with van der Waals surface area (Å²) in [4.78, 5) is 27.3. The van der Waals surface area contributed by atoms with Crippen LogP contribution in [-0.2, 0) is 9.47 Å². The van der Waals surface area contributed by atoms with Gasteiger partial charge in [-0.15, -0.1) is 0 Å². The van der Waals surface area contributed by atoms with Crippen molar-refractivity contribution in [1.29, 1.82) is 0 Å². The molecule has 0 unspecified atom stereocenters. The fourth-order valence-corrected chi connectivity index (χ4v) is 3.40. The highest BCUT2D eigenvalue weighted by atomic mass is 16.5. The molecule has 9 heteroatoms. The van der Waals surface area contributed by atoms with Crippen LogP contribution in [0.3, 0.4) is 0 Å². The lowest BCUT2D eigenvalue weighted by molar-refractivity contribution is 0.0525. The topological polar surface area (TPSA) is 83.1 Å². The molecule has 3 heterocycles. The van der Waals surface area contributed by atoms with Crippen molar-refractivity contribution in [3.63, 3.8) is 0 Å². The molecule has 3 rings (SSSR count). The van der Waals surface area contributed by atoms with E-state index < -0.39 is 0 Å². The number of nitrogens with zero attached hydrogens (tertiary/aromatic N) is 5. The van der Waals surface area contributed by atoms with Gasteiger partial charge in [-0.05, 0) is 6.92 Å². The number of hydrogen-bond acceptors (Lipinski definition) is 9. The van der Waals surface area contributed by atoms with E-state index in [0.717, 1.165) is 78.7 Å². The van der Waals surface area contributed by atoms with Gasteiger partial charge < -0.3 is 19.7 Å². The first-order valence-electron chi connectivity index (χ1n) is 10.2. The maximum absolute atomic E-state index is 11.7. The molecule has 2 aliphatic heterocycles. The Hall–Kier alpha value is -1.81. The summed E-state index contributed by atoms with van der Waals surface area (Å²) in [7, 11) is 0. The number of hydrogen-bond donors (Lipinski definition) is 1. The van der Waals surface area contributed by atoms with Gasteiger partial charge in [-0.25, -0.2) is 14.8 Å². The minimum absolute atomic E-state index is 0.349. The normalized spacial score (nSPS) is 19.0.